The van der Waals surface area contributed by atoms with E-state index in [1.165, 1.54) is 22.4 Å². The van der Waals surface area contributed by atoms with Gasteiger partial charge in [0, 0.05) is 11.9 Å². The topological polar surface area (TPSA) is 46.9 Å². The Balaban J connectivity index is 1.99. The summed E-state index contributed by atoms with van der Waals surface area (Å²) < 4.78 is 14.5. The molecule has 122 valence electrons. The van der Waals surface area contributed by atoms with Gasteiger partial charge in [-0.25, -0.2) is 9.07 Å². The highest BCUT2D eigenvalue weighted by molar-refractivity contribution is 5.69. The van der Waals surface area contributed by atoms with Gasteiger partial charge in [0.1, 0.15) is 5.82 Å². The van der Waals surface area contributed by atoms with E-state index < -0.39 is 0 Å². The van der Waals surface area contributed by atoms with Crippen LogP contribution in [0.4, 0.5) is 4.39 Å². The largest absolute Gasteiger partial charge is 0.374 e. The first-order chi connectivity index (χ1) is 11.6. The van der Waals surface area contributed by atoms with Crippen molar-refractivity contribution in [1.29, 1.82) is 0 Å². The molecular weight excluding hydrogens is 305 g/mol. The number of terminal acetylenes is 1. The molecule has 0 radical (unpaired) electrons. The standard InChI is InChI=1S/C19H18FN3O/c1-3-11-21-18(15-4-5-15)17-10-12-22-23(19(17)24)13(2)14-6-8-16(20)9-7-14/h1,6-10,12-13,21H,4-5,11H2,2H3. The lowest BCUT2D eigenvalue weighted by atomic mass is 10.1. The number of benzene rings is 1. The minimum absolute atomic E-state index is 0.187. The Labute approximate surface area is 140 Å². The molecule has 0 spiro atoms. The van der Waals surface area contributed by atoms with Gasteiger partial charge >= 0.3 is 0 Å². The van der Waals surface area contributed by atoms with Crippen molar-refractivity contribution in [3.8, 4) is 12.3 Å². The number of hydrogen-bond acceptors (Lipinski definition) is 3. The number of hydrogen-bond donors (Lipinski definition) is 1. The summed E-state index contributed by atoms with van der Waals surface area (Å²) in [5.41, 5.74) is 3.23. The van der Waals surface area contributed by atoms with E-state index in [4.69, 9.17) is 6.42 Å². The van der Waals surface area contributed by atoms with Gasteiger partial charge in [-0.05, 0) is 49.1 Å². The first kappa shape index (κ1) is 16.0. The number of nitrogens with one attached hydrogen (secondary N) is 1. The Morgan fingerprint density at radius 2 is 2.08 bits per heavy atom. The van der Waals surface area contributed by atoms with E-state index in [2.05, 4.69) is 16.3 Å². The molecule has 1 aromatic carbocycles. The second-order valence-electron chi connectivity index (χ2n) is 5.76. The van der Waals surface area contributed by atoms with E-state index in [1.807, 2.05) is 6.92 Å². The molecule has 0 bridgehead atoms. The van der Waals surface area contributed by atoms with Gasteiger partial charge in [0.05, 0.1) is 18.2 Å². The van der Waals surface area contributed by atoms with E-state index >= 15 is 0 Å². The Bertz CT molecular complexity index is 869. The normalized spacial score (nSPS) is 14.0. The first-order valence-corrected chi connectivity index (χ1v) is 7.85. The van der Waals surface area contributed by atoms with Gasteiger partial charge in [0.15, 0.2) is 0 Å². The lowest BCUT2D eigenvalue weighted by molar-refractivity contribution is 0.528. The maximum absolute atomic E-state index is 13.1. The minimum atomic E-state index is -0.306. The molecule has 5 heteroatoms. The van der Waals surface area contributed by atoms with E-state index in [9.17, 15) is 9.18 Å². The van der Waals surface area contributed by atoms with Crippen LogP contribution in [0.1, 0.15) is 36.9 Å². The zero-order valence-corrected chi connectivity index (χ0v) is 13.4. The fourth-order valence-corrected chi connectivity index (χ4v) is 2.64. The molecule has 1 heterocycles. The molecule has 3 rings (SSSR count). The lowest BCUT2D eigenvalue weighted by Gasteiger charge is -2.16. The Morgan fingerprint density at radius 3 is 2.71 bits per heavy atom. The molecule has 2 aromatic rings. The molecule has 0 aliphatic heterocycles. The van der Waals surface area contributed by atoms with Crippen LogP contribution in [-0.4, -0.2) is 16.3 Å². The van der Waals surface area contributed by atoms with Gasteiger partial charge in [-0.3, -0.25) is 4.79 Å². The average molecular weight is 323 g/mol. The highest BCUT2D eigenvalue weighted by Crippen LogP contribution is 2.34. The van der Waals surface area contributed by atoms with E-state index in [1.54, 1.807) is 24.4 Å². The van der Waals surface area contributed by atoms with Crippen molar-refractivity contribution >= 4 is 5.70 Å². The van der Waals surface area contributed by atoms with Crippen LogP contribution in [0, 0.1) is 18.2 Å². The highest BCUT2D eigenvalue weighted by atomic mass is 19.1. The minimum Gasteiger partial charge on any atom is -0.374 e. The van der Waals surface area contributed by atoms with Crippen LogP contribution >= 0.6 is 0 Å². The number of rotatable bonds is 5. The quantitative estimate of drug-likeness (QED) is 0.861. The summed E-state index contributed by atoms with van der Waals surface area (Å²) in [7, 11) is 0. The second-order valence-corrected chi connectivity index (χ2v) is 5.76. The fraction of sp³-hybridized carbons (Fsp3) is 0.263. The van der Waals surface area contributed by atoms with E-state index in [-0.39, 0.29) is 17.4 Å². The number of halogens is 1. The van der Waals surface area contributed by atoms with Crippen molar-refractivity contribution in [3.05, 3.63) is 69.4 Å². The number of aromatic nitrogens is 2. The Kier molecular flexibility index (Phi) is 4.48. The van der Waals surface area contributed by atoms with Crippen LogP contribution in [0.15, 0.2) is 46.9 Å². The van der Waals surface area contributed by atoms with Crippen molar-refractivity contribution in [1.82, 2.24) is 15.1 Å². The Morgan fingerprint density at radius 1 is 1.38 bits per heavy atom. The molecule has 1 aliphatic rings. The molecule has 4 nitrogen and oxygen atoms in total. The molecule has 1 aliphatic carbocycles. The third-order valence-electron chi connectivity index (χ3n) is 4.08. The van der Waals surface area contributed by atoms with Crippen LogP contribution in [0.2, 0.25) is 0 Å². The first-order valence-electron chi connectivity index (χ1n) is 7.85. The summed E-state index contributed by atoms with van der Waals surface area (Å²) >= 11 is 0. The van der Waals surface area contributed by atoms with Crippen molar-refractivity contribution < 1.29 is 4.39 Å². The van der Waals surface area contributed by atoms with E-state index in [0.29, 0.717) is 12.1 Å². The maximum Gasteiger partial charge on any atom is 0.276 e. The summed E-state index contributed by atoms with van der Waals surface area (Å²) in [6, 6.07) is 7.51. The van der Waals surface area contributed by atoms with Crippen LogP contribution < -0.4 is 10.9 Å². The molecular formula is C19H18FN3O. The van der Waals surface area contributed by atoms with E-state index in [0.717, 1.165) is 24.1 Å². The average Bonchev–Trinajstić information content (AvgIpc) is 3.41. The van der Waals surface area contributed by atoms with Gasteiger partial charge in [-0.1, -0.05) is 18.1 Å². The summed E-state index contributed by atoms with van der Waals surface area (Å²) in [5, 5.41) is 7.35. The molecule has 1 saturated carbocycles. The molecule has 1 atom stereocenters. The maximum atomic E-state index is 13.1. The predicted molar refractivity (Wildman–Crippen MR) is 91.7 cm³/mol. The molecule has 1 unspecified atom stereocenters. The zero-order valence-electron chi connectivity index (χ0n) is 13.4. The molecule has 1 fully saturated rings. The SMILES string of the molecule is C#CCNC(=C1CC1)c1ccnn(C(C)c2ccc(F)cc2)c1=O. The highest BCUT2D eigenvalue weighted by Gasteiger charge is 2.22. The van der Waals surface area contributed by atoms with Crippen molar-refractivity contribution in [2.24, 2.45) is 0 Å². The van der Waals surface area contributed by atoms with Crippen LogP contribution in [0.5, 0.6) is 0 Å². The van der Waals surface area contributed by atoms with Crippen LogP contribution in [0.25, 0.3) is 5.70 Å². The lowest BCUT2D eigenvalue weighted by Crippen LogP contribution is -2.30. The van der Waals surface area contributed by atoms with Crippen molar-refractivity contribution in [3.63, 3.8) is 0 Å². The van der Waals surface area contributed by atoms with Gasteiger partial charge < -0.3 is 5.32 Å². The number of nitrogens with zero attached hydrogens (tertiary/aromatic N) is 2. The van der Waals surface area contributed by atoms with Crippen molar-refractivity contribution in [2.45, 2.75) is 25.8 Å². The molecule has 24 heavy (non-hydrogen) atoms. The summed E-state index contributed by atoms with van der Waals surface area (Å²) in [6.07, 6.45) is 8.88. The fourth-order valence-electron chi connectivity index (χ4n) is 2.64. The summed E-state index contributed by atoms with van der Waals surface area (Å²) in [5.74, 6) is 2.23. The van der Waals surface area contributed by atoms with Gasteiger partial charge in [0.25, 0.3) is 5.56 Å². The van der Waals surface area contributed by atoms with Gasteiger partial charge in [-0.2, -0.15) is 5.10 Å². The third-order valence-corrected chi connectivity index (χ3v) is 4.08. The molecule has 0 amide bonds. The summed E-state index contributed by atoms with van der Waals surface area (Å²) in [4.78, 5) is 12.9. The third kappa shape index (κ3) is 3.23. The Hall–Kier alpha value is -2.87. The molecule has 1 N–H and O–H groups in total. The smallest absolute Gasteiger partial charge is 0.276 e. The summed E-state index contributed by atoms with van der Waals surface area (Å²) in [6.45, 7) is 2.23. The van der Waals surface area contributed by atoms with Crippen LogP contribution in [-0.2, 0) is 0 Å². The molecule has 1 aromatic heterocycles. The predicted octanol–water partition coefficient (Wildman–Crippen LogP) is 2.72. The van der Waals surface area contributed by atoms with Gasteiger partial charge in [0.2, 0.25) is 0 Å². The zero-order chi connectivity index (χ0) is 17.1. The molecule has 0 saturated heterocycles. The second kappa shape index (κ2) is 6.71. The monoisotopic (exact) mass is 323 g/mol. The van der Waals surface area contributed by atoms with Crippen molar-refractivity contribution in [2.75, 3.05) is 6.54 Å². The van der Waals surface area contributed by atoms with Crippen LogP contribution in [0.3, 0.4) is 0 Å². The van der Waals surface area contributed by atoms with Gasteiger partial charge in [-0.15, -0.1) is 6.42 Å². The number of allylic oxidation sites excluding steroid dienone is 1.